The van der Waals surface area contributed by atoms with Crippen molar-refractivity contribution >= 4 is 11.6 Å². The second-order valence-electron chi connectivity index (χ2n) is 6.74. The summed E-state index contributed by atoms with van der Waals surface area (Å²) in [6.07, 6.45) is 5.07. The number of carbonyl (C=O) groups excluding carboxylic acids is 2. The van der Waals surface area contributed by atoms with Gasteiger partial charge in [0, 0.05) is 24.8 Å². The summed E-state index contributed by atoms with van der Waals surface area (Å²) in [6, 6.07) is 0. The van der Waals surface area contributed by atoms with Crippen LogP contribution >= 0.6 is 0 Å². The van der Waals surface area contributed by atoms with Crippen LogP contribution in [0.5, 0.6) is 0 Å². The van der Waals surface area contributed by atoms with Gasteiger partial charge in [-0.25, -0.2) is 0 Å². The Morgan fingerprint density at radius 3 is 1.88 bits per heavy atom. The van der Waals surface area contributed by atoms with Gasteiger partial charge < -0.3 is 9.47 Å². The van der Waals surface area contributed by atoms with E-state index >= 15 is 0 Å². The van der Waals surface area contributed by atoms with Crippen molar-refractivity contribution in [2.45, 2.75) is 104 Å². The third kappa shape index (κ3) is 7.41. The van der Waals surface area contributed by atoms with Crippen molar-refractivity contribution in [3.63, 3.8) is 0 Å². The molecule has 0 saturated carbocycles. The van der Waals surface area contributed by atoms with Gasteiger partial charge in [0.15, 0.2) is 11.6 Å². The summed E-state index contributed by atoms with van der Waals surface area (Å²) >= 11 is 0. The van der Waals surface area contributed by atoms with E-state index in [2.05, 4.69) is 20.4 Å². The number of ketones is 2. The highest BCUT2D eigenvalue weighted by Crippen LogP contribution is 2.36. The number of Topliss-reactive ketones (excluding diaryl/α,β-unsaturated/α-hetero) is 2. The minimum atomic E-state index is -0.796. The van der Waals surface area contributed by atoms with Crippen LogP contribution in [0, 0.1) is 0 Å². The summed E-state index contributed by atoms with van der Waals surface area (Å²) in [5, 5.41) is 0. The summed E-state index contributed by atoms with van der Waals surface area (Å²) in [5.41, 5.74) is -0.0491. The molecule has 0 saturated heterocycles. The molecule has 0 atom stereocenters. The lowest BCUT2D eigenvalue weighted by Gasteiger charge is -2.42. The van der Waals surface area contributed by atoms with Crippen molar-refractivity contribution in [2.75, 3.05) is 6.61 Å². The van der Waals surface area contributed by atoms with Crippen LogP contribution in [0.4, 0.5) is 0 Å². The molecule has 0 rings (SSSR count). The van der Waals surface area contributed by atoms with Gasteiger partial charge >= 0.3 is 0 Å². The summed E-state index contributed by atoms with van der Waals surface area (Å²) in [6.45, 7) is 16.0. The highest BCUT2D eigenvalue weighted by atomic mass is 16.7. The minimum Gasteiger partial charge on any atom is -0.345 e. The molecule has 0 N–H and O–H groups in total. The molecule has 0 bridgehead atoms. The largest absolute Gasteiger partial charge is 0.345 e. The third-order valence-corrected chi connectivity index (χ3v) is 5.04. The van der Waals surface area contributed by atoms with E-state index < -0.39 is 11.4 Å². The van der Waals surface area contributed by atoms with Gasteiger partial charge in [0.25, 0.3) is 0 Å². The molecule has 0 aliphatic carbocycles. The minimum absolute atomic E-state index is 0.0106. The molecule has 4 nitrogen and oxygen atoms in total. The zero-order valence-corrected chi connectivity index (χ0v) is 17.2. The number of hydrogen-bond donors (Lipinski definition) is 0. The van der Waals surface area contributed by atoms with E-state index in [4.69, 9.17) is 9.47 Å². The van der Waals surface area contributed by atoms with E-state index in [-0.39, 0.29) is 18.2 Å². The zero-order valence-electron chi connectivity index (χ0n) is 17.2. The second-order valence-corrected chi connectivity index (χ2v) is 6.74. The number of rotatable bonds is 15. The van der Waals surface area contributed by atoms with Gasteiger partial charge in [-0.2, -0.15) is 0 Å². The van der Waals surface area contributed by atoms with Crippen molar-refractivity contribution in [3.8, 4) is 0 Å². The van der Waals surface area contributed by atoms with E-state index in [1.165, 1.54) is 0 Å². The van der Waals surface area contributed by atoms with Crippen LogP contribution in [0.3, 0.4) is 0 Å². The normalized spacial score (nSPS) is 12.2. The maximum atomic E-state index is 12.3. The van der Waals surface area contributed by atoms with E-state index in [0.29, 0.717) is 37.7 Å². The first kappa shape index (κ1) is 24.0. The number of carbonyl (C=O) groups is 2. The Labute approximate surface area is 154 Å². The van der Waals surface area contributed by atoms with Crippen molar-refractivity contribution in [2.24, 2.45) is 0 Å². The van der Waals surface area contributed by atoms with Gasteiger partial charge in [-0.1, -0.05) is 48.1 Å². The fraction of sp³-hybridized carbons (Fsp3) is 0.810. The summed E-state index contributed by atoms with van der Waals surface area (Å²) in [5.74, 6) is -0.551. The highest BCUT2D eigenvalue weighted by Gasteiger charge is 2.40. The number of hydrogen-bond acceptors (Lipinski definition) is 4. The number of ether oxygens (including phenoxy) is 2. The first-order valence-corrected chi connectivity index (χ1v) is 9.84. The van der Waals surface area contributed by atoms with E-state index in [1.807, 2.05) is 27.7 Å². The van der Waals surface area contributed by atoms with Gasteiger partial charge in [0.1, 0.15) is 5.78 Å². The van der Waals surface area contributed by atoms with Crippen LogP contribution in [-0.4, -0.2) is 29.6 Å². The monoisotopic (exact) mass is 354 g/mol. The molecule has 0 unspecified atom stereocenters. The smallest absolute Gasteiger partial charge is 0.168 e. The molecule has 0 aliphatic rings. The van der Waals surface area contributed by atoms with Gasteiger partial charge in [0.2, 0.25) is 0 Å². The van der Waals surface area contributed by atoms with Crippen molar-refractivity contribution in [1.82, 2.24) is 0 Å². The summed E-state index contributed by atoms with van der Waals surface area (Å²) in [4.78, 5) is 24.0. The van der Waals surface area contributed by atoms with Crippen molar-refractivity contribution in [3.05, 3.63) is 12.2 Å². The first-order chi connectivity index (χ1) is 11.8. The fourth-order valence-corrected chi connectivity index (χ4v) is 2.98. The van der Waals surface area contributed by atoms with Crippen molar-refractivity contribution in [1.29, 1.82) is 0 Å². The van der Waals surface area contributed by atoms with E-state index in [1.54, 1.807) is 0 Å². The van der Waals surface area contributed by atoms with Gasteiger partial charge in [0.05, 0.1) is 12.2 Å². The molecule has 25 heavy (non-hydrogen) atoms. The molecular formula is C21H38O4. The molecule has 146 valence electrons. The molecule has 0 aliphatic heterocycles. The maximum Gasteiger partial charge on any atom is 0.168 e. The Kier molecular flexibility index (Phi) is 11.1. The molecule has 4 heteroatoms. The highest BCUT2D eigenvalue weighted by molar-refractivity contribution is 5.94. The Bertz CT molecular complexity index is 431. The Morgan fingerprint density at radius 1 is 0.920 bits per heavy atom. The molecule has 0 spiro atoms. The molecule has 0 radical (unpaired) electrons. The fourth-order valence-electron chi connectivity index (χ4n) is 2.98. The van der Waals surface area contributed by atoms with Crippen LogP contribution in [0.15, 0.2) is 12.2 Å². The van der Waals surface area contributed by atoms with Crippen LogP contribution in [0.1, 0.15) is 92.9 Å². The van der Waals surface area contributed by atoms with Gasteiger partial charge in [-0.05, 0) is 32.1 Å². The van der Waals surface area contributed by atoms with Crippen LogP contribution in [0.25, 0.3) is 0 Å². The SMILES string of the molecule is C=C(COC(CC)(CC)OC(CC)(CC)CC(=O)CCC)C(=O)CC. The quantitative estimate of drug-likeness (QED) is 0.292. The summed E-state index contributed by atoms with van der Waals surface area (Å²) < 4.78 is 12.6. The van der Waals surface area contributed by atoms with Gasteiger partial charge in [-0.15, -0.1) is 0 Å². The van der Waals surface area contributed by atoms with E-state index in [0.717, 1.165) is 19.3 Å². The molecule has 0 heterocycles. The summed E-state index contributed by atoms with van der Waals surface area (Å²) in [7, 11) is 0. The lowest BCUT2D eigenvalue weighted by Crippen LogP contribution is -2.47. The molecule has 0 aromatic heterocycles. The van der Waals surface area contributed by atoms with E-state index in [9.17, 15) is 9.59 Å². The molecule has 0 aromatic carbocycles. The average molecular weight is 355 g/mol. The third-order valence-electron chi connectivity index (χ3n) is 5.04. The predicted molar refractivity (Wildman–Crippen MR) is 103 cm³/mol. The standard InChI is InChI=1S/C21H38O4/c1-8-14-18(22)15-20(10-3,11-4)25-21(12-5,13-6)24-16-17(7)19(23)9-2/h7-16H2,1-6H3. The zero-order chi connectivity index (χ0) is 19.5. The topological polar surface area (TPSA) is 52.6 Å². The Balaban J connectivity index is 5.28. The van der Waals surface area contributed by atoms with Gasteiger partial charge in [-0.3, -0.25) is 9.59 Å². The lowest BCUT2D eigenvalue weighted by atomic mass is 9.88. The lowest BCUT2D eigenvalue weighted by molar-refractivity contribution is -0.291. The Hall–Kier alpha value is -1.00. The molecule has 0 fully saturated rings. The second kappa shape index (κ2) is 11.6. The molecular weight excluding hydrogens is 316 g/mol. The van der Waals surface area contributed by atoms with Crippen LogP contribution in [0.2, 0.25) is 0 Å². The predicted octanol–water partition coefficient (Wildman–Crippen LogP) is 5.39. The Morgan fingerprint density at radius 2 is 1.48 bits per heavy atom. The molecule has 0 aromatic rings. The average Bonchev–Trinajstić information content (AvgIpc) is 2.63. The maximum absolute atomic E-state index is 12.3. The van der Waals surface area contributed by atoms with Crippen LogP contribution < -0.4 is 0 Å². The first-order valence-electron chi connectivity index (χ1n) is 9.84. The molecule has 0 amide bonds. The van der Waals surface area contributed by atoms with Crippen LogP contribution in [-0.2, 0) is 19.1 Å². The van der Waals surface area contributed by atoms with Crippen molar-refractivity contribution < 1.29 is 19.1 Å².